The average Bonchev–Trinajstić information content (AvgIpc) is 2.78. The van der Waals surface area contributed by atoms with E-state index in [0.29, 0.717) is 0 Å². The number of rotatable bonds is 5. The van der Waals surface area contributed by atoms with Gasteiger partial charge >= 0.3 is 0 Å². The first kappa shape index (κ1) is 12.8. The summed E-state index contributed by atoms with van der Waals surface area (Å²) in [4.78, 5) is 7.17. The fourth-order valence-electron chi connectivity index (χ4n) is 2.28. The molecule has 1 fully saturated rings. The third kappa shape index (κ3) is 3.68. The van der Waals surface area contributed by atoms with Crippen LogP contribution in [0.1, 0.15) is 38.8 Å². The maximum atomic E-state index is 4.72. The van der Waals surface area contributed by atoms with Gasteiger partial charge in [-0.05, 0) is 31.7 Å². The lowest BCUT2D eigenvalue weighted by Gasteiger charge is -2.30. The molecule has 0 saturated carbocycles. The van der Waals surface area contributed by atoms with Gasteiger partial charge in [-0.25, -0.2) is 4.98 Å². The van der Waals surface area contributed by atoms with E-state index in [0.717, 1.165) is 19.0 Å². The van der Waals surface area contributed by atoms with Crippen molar-refractivity contribution in [2.75, 3.05) is 24.5 Å². The SMILES string of the molecule is CCCNCc1csc(N2CCCC(C)C2)n1. The maximum absolute atomic E-state index is 4.72. The van der Waals surface area contributed by atoms with Crippen molar-refractivity contribution < 1.29 is 0 Å². The first-order chi connectivity index (χ1) is 8.29. The van der Waals surface area contributed by atoms with Crippen molar-refractivity contribution in [2.45, 2.75) is 39.7 Å². The van der Waals surface area contributed by atoms with Gasteiger partial charge in [-0.15, -0.1) is 11.3 Å². The quantitative estimate of drug-likeness (QED) is 0.818. The van der Waals surface area contributed by atoms with Gasteiger partial charge in [0, 0.05) is 25.0 Å². The van der Waals surface area contributed by atoms with Crippen LogP contribution in [-0.4, -0.2) is 24.6 Å². The number of nitrogens with one attached hydrogen (secondary N) is 1. The molecule has 0 aromatic carbocycles. The van der Waals surface area contributed by atoms with Crippen LogP contribution < -0.4 is 10.2 Å². The van der Waals surface area contributed by atoms with Gasteiger partial charge in [0.15, 0.2) is 5.13 Å². The summed E-state index contributed by atoms with van der Waals surface area (Å²) in [6, 6.07) is 0. The minimum Gasteiger partial charge on any atom is -0.348 e. The molecule has 1 aromatic rings. The summed E-state index contributed by atoms with van der Waals surface area (Å²) in [7, 11) is 0. The second-order valence-electron chi connectivity index (χ2n) is 4.99. The Balaban J connectivity index is 1.88. The van der Waals surface area contributed by atoms with Crippen LogP contribution in [0.25, 0.3) is 0 Å². The molecule has 1 atom stereocenters. The monoisotopic (exact) mass is 253 g/mol. The molecule has 2 rings (SSSR count). The van der Waals surface area contributed by atoms with E-state index in [4.69, 9.17) is 4.98 Å². The number of aromatic nitrogens is 1. The predicted octanol–water partition coefficient (Wildman–Crippen LogP) is 2.88. The number of piperidine rings is 1. The number of hydrogen-bond donors (Lipinski definition) is 1. The molecule has 0 spiro atoms. The molecule has 0 aliphatic carbocycles. The standard InChI is InChI=1S/C13H23N3S/c1-3-6-14-8-12-10-17-13(15-12)16-7-4-5-11(2)9-16/h10-11,14H,3-9H2,1-2H3. The molecule has 4 heteroatoms. The average molecular weight is 253 g/mol. The Morgan fingerprint density at radius 1 is 1.59 bits per heavy atom. The smallest absolute Gasteiger partial charge is 0.185 e. The summed E-state index contributed by atoms with van der Waals surface area (Å²) in [6.07, 6.45) is 3.86. The molecule has 3 nitrogen and oxygen atoms in total. The third-order valence-corrected chi connectivity index (χ3v) is 4.15. The van der Waals surface area contributed by atoms with E-state index in [2.05, 4.69) is 29.4 Å². The van der Waals surface area contributed by atoms with E-state index in [1.807, 2.05) is 0 Å². The van der Waals surface area contributed by atoms with Gasteiger partial charge in [0.05, 0.1) is 5.69 Å². The van der Waals surface area contributed by atoms with Gasteiger partial charge in [0.1, 0.15) is 0 Å². The maximum Gasteiger partial charge on any atom is 0.185 e. The van der Waals surface area contributed by atoms with Crippen LogP contribution in [0, 0.1) is 5.92 Å². The Morgan fingerprint density at radius 2 is 2.47 bits per heavy atom. The molecule has 0 bridgehead atoms. The normalized spacial score (nSPS) is 20.8. The third-order valence-electron chi connectivity index (χ3n) is 3.20. The van der Waals surface area contributed by atoms with Crippen LogP contribution >= 0.6 is 11.3 Å². The van der Waals surface area contributed by atoms with Crippen LogP contribution in [0.15, 0.2) is 5.38 Å². The minimum absolute atomic E-state index is 0.814. The molecular formula is C13H23N3S. The van der Waals surface area contributed by atoms with Crippen molar-refractivity contribution in [3.63, 3.8) is 0 Å². The predicted molar refractivity (Wildman–Crippen MR) is 74.7 cm³/mol. The minimum atomic E-state index is 0.814. The van der Waals surface area contributed by atoms with Crippen LogP contribution in [-0.2, 0) is 6.54 Å². The highest BCUT2D eigenvalue weighted by molar-refractivity contribution is 7.13. The van der Waals surface area contributed by atoms with E-state index < -0.39 is 0 Å². The molecule has 1 unspecified atom stereocenters. The molecule has 2 heterocycles. The summed E-state index contributed by atoms with van der Waals surface area (Å²) >= 11 is 1.79. The highest BCUT2D eigenvalue weighted by atomic mass is 32.1. The van der Waals surface area contributed by atoms with Gasteiger partial charge in [-0.1, -0.05) is 13.8 Å². The van der Waals surface area contributed by atoms with E-state index in [-0.39, 0.29) is 0 Å². The summed E-state index contributed by atoms with van der Waals surface area (Å²) < 4.78 is 0. The number of hydrogen-bond acceptors (Lipinski definition) is 4. The van der Waals surface area contributed by atoms with E-state index in [9.17, 15) is 0 Å². The van der Waals surface area contributed by atoms with Gasteiger partial charge in [0.2, 0.25) is 0 Å². The van der Waals surface area contributed by atoms with Crippen molar-refractivity contribution in [3.05, 3.63) is 11.1 Å². The van der Waals surface area contributed by atoms with Crippen molar-refractivity contribution in [3.8, 4) is 0 Å². The molecule has 96 valence electrons. The Hall–Kier alpha value is -0.610. The first-order valence-corrected chi connectivity index (χ1v) is 7.57. The summed E-state index contributed by atoms with van der Waals surface area (Å²) in [5, 5.41) is 6.81. The molecule has 1 N–H and O–H groups in total. The van der Waals surface area contributed by atoms with Gasteiger partial charge in [-0.2, -0.15) is 0 Å². The Morgan fingerprint density at radius 3 is 3.24 bits per heavy atom. The van der Waals surface area contributed by atoms with Crippen LogP contribution in [0.3, 0.4) is 0 Å². The Bertz CT molecular complexity index is 337. The molecule has 1 saturated heterocycles. The van der Waals surface area contributed by atoms with Gasteiger partial charge in [-0.3, -0.25) is 0 Å². The zero-order valence-corrected chi connectivity index (χ0v) is 11.7. The van der Waals surface area contributed by atoms with Gasteiger partial charge in [0.25, 0.3) is 0 Å². The topological polar surface area (TPSA) is 28.2 Å². The summed E-state index contributed by atoms with van der Waals surface area (Å²) in [5.41, 5.74) is 1.19. The molecule has 1 aliphatic heterocycles. The zero-order valence-electron chi connectivity index (χ0n) is 10.9. The number of anilines is 1. The number of nitrogens with zero attached hydrogens (tertiary/aromatic N) is 2. The lowest BCUT2D eigenvalue weighted by molar-refractivity contribution is 0.446. The molecule has 1 aromatic heterocycles. The van der Waals surface area contributed by atoms with E-state index in [1.54, 1.807) is 11.3 Å². The highest BCUT2D eigenvalue weighted by Gasteiger charge is 2.18. The molecular weight excluding hydrogens is 230 g/mol. The lowest BCUT2D eigenvalue weighted by Crippen LogP contribution is -2.34. The van der Waals surface area contributed by atoms with E-state index >= 15 is 0 Å². The first-order valence-electron chi connectivity index (χ1n) is 6.69. The fourth-order valence-corrected chi connectivity index (χ4v) is 3.14. The second kappa shape index (κ2) is 6.36. The van der Waals surface area contributed by atoms with Crippen LogP contribution in [0.5, 0.6) is 0 Å². The Labute approximate surface area is 108 Å². The fraction of sp³-hybridized carbons (Fsp3) is 0.769. The molecule has 0 amide bonds. The van der Waals surface area contributed by atoms with Crippen molar-refractivity contribution in [1.29, 1.82) is 0 Å². The highest BCUT2D eigenvalue weighted by Crippen LogP contribution is 2.25. The van der Waals surface area contributed by atoms with Gasteiger partial charge < -0.3 is 10.2 Å². The lowest BCUT2D eigenvalue weighted by atomic mass is 10.0. The Kier molecular flexibility index (Phi) is 4.80. The molecule has 1 aliphatic rings. The summed E-state index contributed by atoms with van der Waals surface area (Å²) in [5.74, 6) is 0.814. The number of thiazole rings is 1. The molecule has 0 radical (unpaired) electrons. The van der Waals surface area contributed by atoms with E-state index in [1.165, 1.54) is 43.2 Å². The van der Waals surface area contributed by atoms with Crippen LogP contribution in [0.4, 0.5) is 5.13 Å². The van der Waals surface area contributed by atoms with Crippen molar-refractivity contribution >= 4 is 16.5 Å². The van der Waals surface area contributed by atoms with Crippen molar-refractivity contribution in [2.24, 2.45) is 5.92 Å². The van der Waals surface area contributed by atoms with Crippen molar-refractivity contribution in [1.82, 2.24) is 10.3 Å². The molecule has 17 heavy (non-hydrogen) atoms. The summed E-state index contributed by atoms with van der Waals surface area (Å²) in [6.45, 7) is 8.87. The zero-order chi connectivity index (χ0) is 12.1. The van der Waals surface area contributed by atoms with Crippen LogP contribution in [0.2, 0.25) is 0 Å². The largest absolute Gasteiger partial charge is 0.348 e. The second-order valence-corrected chi connectivity index (χ2v) is 5.83.